The predicted molar refractivity (Wildman–Crippen MR) is 87.1 cm³/mol. The van der Waals surface area contributed by atoms with Crippen LogP contribution in [-0.2, 0) is 16.1 Å². The second kappa shape index (κ2) is 7.44. The van der Waals surface area contributed by atoms with E-state index in [0.717, 1.165) is 22.6 Å². The summed E-state index contributed by atoms with van der Waals surface area (Å²) < 4.78 is 5.38. The molecule has 1 aliphatic heterocycles. The number of carbonyl (C=O) groups is 2. The molecule has 2 heterocycles. The maximum atomic E-state index is 12.4. The van der Waals surface area contributed by atoms with Gasteiger partial charge >= 0.3 is 0 Å². The lowest BCUT2D eigenvalue weighted by Gasteiger charge is -2.31. The normalized spacial score (nSPS) is 18.0. The number of aryl methyl sites for hydroxylation is 1. The fraction of sp³-hybridized carbons (Fsp3) is 0.588. The second-order valence-corrected chi connectivity index (χ2v) is 5.93. The van der Waals surface area contributed by atoms with E-state index in [1.807, 2.05) is 20.8 Å². The molecule has 23 heavy (non-hydrogen) atoms. The number of rotatable bonds is 5. The van der Waals surface area contributed by atoms with Crippen molar-refractivity contribution >= 4 is 11.8 Å². The highest BCUT2D eigenvalue weighted by atomic mass is 16.5. The molecule has 0 aliphatic carbocycles. The zero-order chi connectivity index (χ0) is 17.0. The Labute approximate surface area is 137 Å². The van der Waals surface area contributed by atoms with Gasteiger partial charge in [0, 0.05) is 36.8 Å². The maximum absolute atomic E-state index is 12.4. The molecule has 6 heteroatoms. The fourth-order valence-corrected chi connectivity index (χ4v) is 3.00. The predicted octanol–water partition coefficient (Wildman–Crippen LogP) is 1.58. The van der Waals surface area contributed by atoms with Crippen LogP contribution in [-0.4, -0.2) is 41.9 Å². The molecule has 1 aromatic heterocycles. The van der Waals surface area contributed by atoms with E-state index in [4.69, 9.17) is 4.74 Å². The Morgan fingerprint density at radius 2 is 2.22 bits per heavy atom. The van der Waals surface area contributed by atoms with Gasteiger partial charge in [-0.05, 0) is 27.2 Å². The van der Waals surface area contributed by atoms with Crippen LogP contribution in [0.15, 0.2) is 6.20 Å². The van der Waals surface area contributed by atoms with Gasteiger partial charge in [0.25, 0.3) is 0 Å². The van der Waals surface area contributed by atoms with E-state index in [0.29, 0.717) is 32.5 Å². The van der Waals surface area contributed by atoms with Gasteiger partial charge < -0.3 is 15.0 Å². The lowest BCUT2D eigenvalue weighted by Crippen LogP contribution is -2.45. The van der Waals surface area contributed by atoms with Gasteiger partial charge in [-0.1, -0.05) is 0 Å². The monoisotopic (exact) mass is 319 g/mol. The first-order valence-corrected chi connectivity index (χ1v) is 8.02. The van der Waals surface area contributed by atoms with Gasteiger partial charge in [-0.3, -0.25) is 14.6 Å². The number of nitrogens with one attached hydrogen (secondary N) is 1. The van der Waals surface area contributed by atoms with Crippen LogP contribution < -0.4 is 10.1 Å². The number of amides is 2. The first-order chi connectivity index (χ1) is 11.0. The van der Waals surface area contributed by atoms with Crippen LogP contribution in [0.25, 0.3) is 0 Å². The van der Waals surface area contributed by atoms with Crippen LogP contribution >= 0.6 is 0 Å². The third-order valence-corrected chi connectivity index (χ3v) is 4.43. The number of ether oxygens (including phenoxy) is 1. The van der Waals surface area contributed by atoms with Crippen LogP contribution in [0.3, 0.4) is 0 Å². The SMILES string of the molecule is CCN1CC(C(=O)NCc2ncc(C)c(OC)c2C)CCC1=O. The van der Waals surface area contributed by atoms with Crippen molar-refractivity contribution in [2.75, 3.05) is 20.2 Å². The van der Waals surface area contributed by atoms with E-state index >= 15 is 0 Å². The molecule has 6 nitrogen and oxygen atoms in total. The molecule has 1 aliphatic rings. The summed E-state index contributed by atoms with van der Waals surface area (Å²) in [7, 11) is 1.63. The third-order valence-electron chi connectivity index (χ3n) is 4.43. The topological polar surface area (TPSA) is 71.5 Å². The number of methoxy groups -OCH3 is 1. The molecule has 2 amide bonds. The van der Waals surface area contributed by atoms with Crippen molar-refractivity contribution in [3.05, 3.63) is 23.0 Å². The second-order valence-electron chi connectivity index (χ2n) is 5.93. The molecule has 0 bridgehead atoms. The molecule has 0 saturated carbocycles. The Bertz CT molecular complexity index is 601. The van der Waals surface area contributed by atoms with Crippen molar-refractivity contribution in [2.24, 2.45) is 5.92 Å². The van der Waals surface area contributed by atoms with Gasteiger partial charge in [0.05, 0.1) is 25.3 Å². The first-order valence-electron chi connectivity index (χ1n) is 8.02. The summed E-state index contributed by atoms with van der Waals surface area (Å²) in [6.45, 7) is 7.35. The summed E-state index contributed by atoms with van der Waals surface area (Å²) in [5, 5.41) is 2.94. The number of hydrogen-bond acceptors (Lipinski definition) is 4. The first kappa shape index (κ1) is 17.2. The Morgan fingerprint density at radius 3 is 2.87 bits per heavy atom. The van der Waals surface area contributed by atoms with Crippen LogP contribution in [0.4, 0.5) is 0 Å². The standard InChI is InChI=1S/C17H25N3O3/c1-5-20-10-13(6-7-15(20)21)17(22)19-9-14-12(3)16(23-4)11(2)8-18-14/h8,13H,5-7,9-10H2,1-4H3,(H,19,22). The Morgan fingerprint density at radius 1 is 1.48 bits per heavy atom. The minimum absolute atomic E-state index is 0.0170. The number of aromatic nitrogens is 1. The average Bonchev–Trinajstić information content (AvgIpc) is 2.54. The van der Waals surface area contributed by atoms with Crippen molar-refractivity contribution in [3.8, 4) is 5.75 Å². The number of nitrogens with zero attached hydrogens (tertiary/aromatic N) is 2. The minimum Gasteiger partial charge on any atom is -0.496 e. The largest absolute Gasteiger partial charge is 0.496 e. The van der Waals surface area contributed by atoms with Gasteiger partial charge in [0.15, 0.2) is 0 Å². The van der Waals surface area contributed by atoms with Crippen molar-refractivity contribution in [1.82, 2.24) is 15.2 Å². The van der Waals surface area contributed by atoms with Gasteiger partial charge in [0.1, 0.15) is 5.75 Å². The molecule has 1 saturated heterocycles. The highest BCUT2D eigenvalue weighted by Crippen LogP contribution is 2.24. The zero-order valence-electron chi connectivity index (χ0n) is 14.3. The van der Waals surface area contributed by atoms with Crippen LogP contribution in [0.1, 0.15) is 36.6 Å². The Kier molecular flexibility index (Phi) is 5.58. The van der Waals surface area contributed by atoms with E-state index in [-0.39, 0.29) is 17.7 Å². The summed E-state index contributed by atoms with van der Waals surface area (Å²) in [5.41, 5.74) is 2.73. The number of likely N-dealkylation sites (tertiary alicyclic amines) is 1. The van der Waals surface area contributed by atoms with Crippen molar-refractivity contribution in [2.45, 2.75) is 40.2 Å². The molecule has 0 aromatic carbocycles. The molecule has 1 fully saturated rings. The number of carbonyl (C=O) groups excluding carboxylic acids is 2. The van der Waals surface area contributed by atoms with Crippen LogP contribution in [0.5, 0.6) is 5.75 Å². The molecule has 2 rings (SSSR count). The minimum atomic E-state index is -0.139. The summed E-state index contributed by atoms with van der Waals surface area (Å²) in [6.07, 6.45) is 2.82. The molecule has 0 radical (unpaired) electrons. The van der Waals surface area contributed by atoms with Gasteiger partial charge in [-0.2, -0.15) is 0 Å². The van der Waals surface area contributed by atoms with Crippen molar-refractivity contribution in [3.63, 3.8) is 0 Å². The molecule has 0 spiro atoms. The van der Waals surface area contributed by atoms with Crippen molar-refractivity contribution < 1.29 is 14.3 Å². The Balaban J connectivity index is 1.98. The van der Waals surface area contributed by atoms with E-state index in [1.165, 1.54) is 0 Å². The highest BCUT2D eigenvalue weighted by molar-refractivity contribution is 5.83. The highest BCUT2D eigenvalue weighted by Gasteiger charge is 2.29. The van der Waals surface area contributed by atoms with Crippen molar-refractivity contribution in [1.29, 1.82) is 0 Å². The number of pyridine rings is 1. The van der Waals surface area contributed by atoms with Gasteiger partial charge in [-0.15, -0.1) is 0 Å². The molecule has 1 aromatic rings. The smallest absolute Gasteiger partial charge is 0.225 e. The summed E-state index contributed by atoms with van der Waals surface area (Å²) in [4.78, 5) is 30.2. The van der Waals surface area contributed by atoms with E-state index in [2.05, 4.69) is 10.3 Å². The van der Waals surface area contributed by atoms with Crippen LogP contribution in [0.2, 0.25) is 0 Å². The van der Waals surface area contributed by atoms with Crippen LogP contribution in [0, 0.1) is 19.8 Å². The van der Waals surface area contributed by atoms with E-state index < -0.39 is 0 Å². The summed E-state index contributed by atoms with van der Waals surface area (Å²) in [5.74, 6) is 0.791. The Hall–Kier alpha value is -2.11. The average molecular weight is 319 g/mol. The molecule has 126 valence electrons. The molecule has 1 unspecified atom stereocenters. The summed E-state index contributed by atoms with van der Waals surface area (Å²) in [6, 6.07) is 0. The lowest BCUT2D eigenvalue weighted by molar-refractivity contribution is -0.138. The summed E-state index contributed by atoms with van der Waals surface area (Å²) >= 11 is 0. The molecular weight excluding hydrogens is 294 g/mol. The maximum Gasteiger partial charge on any atom is 0.225 e. The van der Waals surface area contributed by atoms with Gasteiger partial charge in [0.2, 0.25) is 11.8 Å². The van der Waals surface area contributed by atoms with E-state index in [9.17, 15) is 9.59 Å². The fourth-order valence-electron chi connectivity index (χ4n) is 3.00. The number of piperidine rings is 1. The van der Waals surface area contributed by atoms with E-state index in [1.54, 1.807) is 18.2 Å². The van der Waals surface area contributed by atoms with Gasteiger partial charge in [-0.25, -0.2) is 0 Å². The number of hydrogen-bond donors (Lipinski definition) is 1. The molecule has 1 atom stereocenters. The molecule has 1 N–H and O–H groups in total. The lowest BCUT2D eigenvalue weighted by atomic mass is 9.96. The third kappa shape index (κ3) is 3.81. The molecular formula is C17H25N3O3. The zero-order valence-corrected chi connectivity index (χ0v) is 14.3. The quantitative estimate of drug-likeness (QED) is 0.894.